The zero-order chi connectivity index (χ0) is 14.4. The topological polar surface area (TPSA) is 71.1 Å². The molecule has 14 heavy (non-hydrogen) atoms. The molecule has 0 fully saturated rings. The Morgan fingerprint density at radius 2 is 1.36 bits per heavy atom. The van der Waals surface area contributed by atoms with Crippen LogP contribution in [0.1, 0.15) is 19.3 Å². The fourth-order valence-corrected chi connectivity index (χ4v) is 0.343. The second kappa shape index (κ2) is 8.46. The maximum absolute atomic E-state index is 10.4. The average Bonchev–Trinajstić information content (AvgIpc) is 2.15. The second-order valence-electron chi connectivity index (χ2n) is 2.00. The first-order valence-corrected chi connectivity index (χ1v) is 3.63. The number of rotatable bonds is 7. The van der Waals surface area contributed by atoms with Gasteiger partial charge in [0.15, 0.2) is 13.6 Å². The molecule has 0 aliphatic heterocycles. The minimum Gasteiger partial charge on any atom is -0.439 e. The molecule has 6 heteroatoms. The van der Waals surface area contributed by atoms with Crippen LogP contribution in [-0.4, -0.2) is 38.6 Å². The summed E-state index contributed by atoms with van der Waals surface area (Å²) in [4.78, 5) is 20.8. The van der Waals surface area contributed by atoms with Crippen molar-refractivity contribution in [2.45, 2.75) is 13.8 Å². The molecule has 0 spiro atoms. The Morgan fingerprint density at radius 3 is 1.64 bits per heavy atom. The molecule has 0 heterocycles. The minimum absolute atomic E-state index is 0.702. The predicted octanol–water partition coefficient (Wildman–Crippen LogP) is 0.0608. The van der Waals surface area contributed by atoms with Crippen LogP contribution in [0, 0.1) is 0 Å². The van der Waals surface area contributed by atoms with E-state index < -0.39 is 38.6 Å². The van der Waals surface area contributed by atoms with E-state index in [2.05, 4.69) is 18.9 Å². The lowest BCUT2D eigenvalue weighted by atomic mass is 10.8. The molecule has 0 aromatic carbocycles. The summed E-state index contributed by atoms with van der Waals surface area (Å²) in [6, 6.07) is 0. The van der Waals surface area contributed by atoms with Crippen LogP contribution in [0.3, 0.4) is 0 Å². The highest BCUT2D eigenvalue weighted by Gasteiger charge is 1.94. The number of carbonyl (C=O) groups is 2. The molecule has 82 valence electrons. The quantitative estimate of drug-likeness (QED) is 0.437. The lowest BCUT2D eigenvalue weighted by Crippen LogP contribution is -2.11. The summed E-state index contributed by atoms with van der Waals surface area (Å²) in [7, 11) is 0. The number of ether oxygens (including phenoxy) is 4. The van der Waals surface area contributed by atoms with Crippen LogP contribution < -0.4 is 0 Å². The van der Waals surface area contributed by atoms with Gasteiger partial charge in [-0.2, -0.15) is 0 Å². The van der Waals surface area contributed by atoms with E-state index in [1.165, 1.54) is 0 Å². The van der Waals surface area contributed by atoms with Crippen molar-refractivity contribution in [1.82, 2.24) is 0 Å². The molecule has 0 aliphatic rings. The molecule has 6 nitrogen and oxygen atoms in total. The van der Waals surface area contributed by atoms with Crippen LogP contribution in [0.2, 0.25) is 0 Å². The van der Waals surface area contributed by atoms with Crippen LogP contribution in [0.4, 0.5) is 0 Å². The normalized spacial score (nSPS) is 15.9. The van der Waals surface area contributed by atoms with Gasteiger partial charge in [0.05, 0.1) is 18.6 Å². The van der Waals surface area contributed by atoms with Gasteiger partial charge in [-0.05, 0) is 0 Å². The molecule has 0 unspecified atom stereocenters. The van der Waals surface area contributed by atoms with Gasteiger partial charge >= 0.3 is 11.9 Å². The van der Waals surface area contributed by atoms with E-state index in [0.29, 0.717) is 0 Å². The zero-order valence-electron chi connectivity index (χ0n) is 11.9. The van der Waals surface area contributed by atoms with E-state index in [-0.39, 0.29) is 0 Å². The Labute approximate surface area is 87.7 Å². The van der Waals surface area contributed by atoms with E-state index in [1.54, 1.807) is 0 Å². The molecule has 0 aromatic rings. The molecule has 0 bridgehead atoms. The highest BCUT2D eigenvalue weighted by atomic mass is 16.7. The minimum atomic E-state index is -2.89. The summed E-state index contributed by atoms with van der Waals surface area (Å²) in [5.74, 6) is -1.40. The van der Waals surface area contributed by atoms with Gasteiger partial charge in [-0.25, -0.2) is 0 Å². The van der Waals surface area contributed by atoms with Crippen LogP contribution in [-0.2, 0) is 28.5 Å². The summed E-state index contributed by atoms with van der Waals surface area (Å²) in [6.07, 6.45) is 0. The maximum Gasteiger partial charge on any atom is 0.304 e. The van der Waals surface area contributed by atoms with Crippen LogP contribution >= 0.6 is 0 Å². The third kappa shape index (κ3) is 10.9. The standard InChI is InChI=1S/C8H14O6/c1-7(9)13-5-11-3-4-12-6-14-8(2)10/h3-6H2,1-2H3/i3D2,4D2. The first kappa shape index (κ1) is 7.19. The van der Waals surface area contributed by atoms with Gasteiger partial charge in [0.25, 0.3) is 0 Å². The smallest absolute Gasteiger partial charge is 0.304 e. The van der Waals surface area contributed by atoms with Crippen molar-refractivity contribution in [3.8, 4) is 0 Å². The Kier molecular flexibility index (Phi) is 4.34. The van der Waals surface area contributed by atoms with Gasteiger partial charge in [-0.1, -0.05) is 0 Å². The fourth-order valence-electron chi connectivity index (χ4n) is 0.343. The van der Waals surface area contributed by atoms with Gasteiger partial charge < -0.3 is 18.9 Å². The first-order chi connectivity index (χ1) is 8.08. The molecule has 0 aliphatic carbocycles. The lowest BCUT2D eigenvalue weighted by molar-refractivity contribution is -0.161. The third-order valence-electron chi connectivity index (χ3n) is 0.828. The number of hydrogen-bond donors (Lipinski definition) is 0. The molecule has 0 saturated carbocycles. The van der Waals surface area contributed by atoms with Crippen molar-refractivity contribution in [1.29, 1.82) is 0 Å². The number of carbonyl (C=O) groups excluding carboxylic acids is 2. The zero-order valence-corrected chi connectivity index (χ0v) is 7.86. The highest BCUT2D eigenvalue weighted by molar-refractivity contribution is 5.66. The third-order valence-corrected chi connectivity index (χ3v) is 0.828. The van der Waals surface area contributed by atoms with Gasteiger partial charge in [0.1, 0.15) is 0 Å². The molecular weight excluding hydrogens is 192 g/mol. The summed E-state index contributed by atoms with van der Waals surface area (Å²) in [5.41, 5.74) is 0. The molecule has 0 saturated heterocycles. The summed E-state index contributed by atoms with van der Waals surface area (Å²) in [5, 5.41) is 0. The summed E-state index contributed by atoms with van der Waals surface area (Å²) in [6.45, 7) is -5.13. The van der Waals surface area contributed by atoms with Crippen molar-refractivity contribution in [3.05, 3.63) is 0 Å². The van der Waals surface area contributed by atoms with E-state index in [0.717, 1.165) is 13.8 Å². The second-order valence-corrected chi connectivity index (χ2v) is 2.00. The SMILES string of the molecule is [2H]C([2H])(OCOC(C)=O)C([2H])([2H])OCOC(C)=O. The van der Waals surface area contributed by atoms with Gasteiger partial charge in [-0.3, -0.25) is 9.59 Å². The van der Waals surface area contributed by atoms with Crippen LogP contribution in [0.5, 0.6) is 0 Å². The fraction of sp³-hybridized carbons (Fsp3) is 0.750. The van der Waals surface area contributed by atoms with Crippen molar-refractivity contribution < 1.29 is 34.0 Å². The Balaban J connectivity index is 4.26. The number of hydrogen-bond acceptors (Lipinski definition) is 6. The highest BCUT2D eigenvalue weighted by Crippen LogP contribution is 1.83. The first-order valence-electron chi connectivity index (χ1n) is 5.63. The van der Waals surface area contributed by atoms with Crippen molar-refractivity contribution in [2.75, 3.05) is 26.7 Å². The van der Waals surface area contributed by atoms with E-state index in [9.17, 15) is 9.59 Å². The summed E-state index contributed by atoms with van der Waals surface area (Å²) >= 11 is 0. The molecular formula is C8H14O6. The van der Waals surface area contributed by atoms with Crippen molar-refractivity contribution in [3.63, 3.8) is 0 Å². The van der Waals surface area contributed by atoms with Gasteiger partial charge in [0.2, 0.25) is 0 Å². The largest absolute Gasteiger partial charge is 0.439 e. The Bertz CT molecular complexity index is 276. The van der Waals surface area contributed by atoms with Crippen molar-refractivity contribution in [2.24, 2.45) is 0 Å². The van der Waals surface area contributed by atoms with Gasteiger partial charge in [0, 0.05) is 13.8 Å². The lowest BCUT2D eigenvalue weighted by Gasteiger charge is -2.05. The van der Waals surface area contributed by atoms with Crippen molar-refractivity contribution >= 4 is 11.9 Å². The predicted molar refractivity (Wildman–Crippen MR) is 45.2 cm³/mol. The van der Waals surface area contributed by atoms with Crippen LogP contribution in [0.25, 0.3) is 0 Å². The molecule has 0 aromatic heterocycles. The molecule has 0 rings (SSSR count). The Morgan fingerprint density at radius 1 is 1.00 bits per heavy atom. The molecule has 0 radical (unpaired) electrons. The molecule has 0 atom stereocenters. The average molecular weight is 210 g/mol. The summed E-state index contributed by atoms with van der Waals surface area (Å²) < 4.78 is 46.5. The van der Waals surface area contributed by atoms with Crippen LogP contribution in [0.15, 0.2) is 0 Å². The molecule has 0 N–H and O–H groups in total. The number of esters is 2. The maximum atomic E-state index is 10.4. The van der Waals surface area contributed by atoms with E-state index >= 15 is 0 Å². The Hall–Kier alpha value is -1.14. The monoisotopic (exact) mass is 210 g/mol. The van der Waals surface area contributed by atoms with Gasteiger partial charge in [-0.15, -0.1) is 0 Å². The van der Waals surface area contributed by atoms with E-state index in [1.807, 2.05) is 0 Å². The van der Waals surface area contributed by atoms with E-state index in [4.69, 9.17) is 5.48 Å². The molecule has 0 amide bonds.